The topological polar surface area (TPSA) is 88.8 Å². The van der Waals surface area contributed by atoms with Gasteiger partial charge in [0.15, 0.2) is 11.6 Å². The highest BCUT2D eigenvalue weighted by atomic mass is 35.5. The van der Waals surface area contributed by atoms with E-state index in [0.717, 1.165) is 17.2 Å². The molecule has 2 heterocycles. The van der Waals surface area contributed by atoms with Crippen molar-refractivity contribution < 1.29 is 13.2 Å². The number of nitrogen functional groups attached to an aromatic ring is 1. The first-order valence-electron chi connectivity index (χ1n) is 9.79. The zero-order valence-corrected chi connectivity index (χ0v) is 17.8. The Hall–Kier alpha value is -3.85. The number of hydrogen-bond donors (Lipinski definition) is 3. The predicted octanol–water partition coefficient (Wildman–Crippen LogP) is 6.07. The van der Waals surface area contributed by atoms with Gasteiger partial charge < -0.3 is 16.4 Å². The molecule has 4 N–H and O–H groups in total. The number of alkyl halides is 3. The van der Waals surface area contributed by atoms with E-state index in [4.69, 9.17) is 17.3 Å². The molecule has 0 spiro atoms. The molecule has 10 heteroatoms. The predicted molar refractivity (Wildman–Crippen MR) is 122 cm³/mol. The summed E-state index contributed by atoms with van der Waals surface area (Å²) in [7, 11) is 0. The van der Waals surface area contributed by atoms with Crippen molar-refractivity contribution in [1.82, 2.24) is 15.0 Å². The number of anilines is 4. The molecular formula is C23H18ClF3N6. The molecule has 0 bridgehead atoms. The molecule has 0 atom stereocenters. The summed E-state index contributed by atoms with van der Waals surface area (Å²) >= 11 is 6.00. The number of halogens is 4. The van der Waals surface area contributed by atoms with Crippen LogP contribution in [0.2, 0.25) is 5.02 Å². The van der Waals surface area contributed by atoms with Crippen molar-refractivity contribution in [2.75, 3.05) is 16.4 Å². The lowest BCUT2D eigenvalue weighted by molar-refractivity contribution is -0.137. The minimum Gasteiger partial charge on any atom is -0.393 e. The highest BCUT2D eigenvalue weighted by molar-refractivity contribution is 6.33. The molecule has 0 radical (unpaired) electrons. The fourth-order valence-corrected chi connectivity index (χ4v) is 3.41. The molecule has 6 nitrogen and oxygen atoms in total. The number of pyridine rings is 1. The third-order valence-corrected chi connectivity index (χ3v) is 5.12. The Bertz CT molecular complexity index is 1200. The van der Waals surface area contributed by atoms with E-state index in [-0.39, 0.29) is 28.4 Å². The molecule has 0 fully saturated rings. The van der Waals surface area contributed by atoms with Crippen molar-refractivity contribution in [3.8, 4) is 0 Å². The van der Waals surface area contributed by atoms with E-state index in [9.17, 15) is 13.2 Å². The van der Waals surface area contributed by atoms with Gasteiger partial charge in [-0.1, -0.05) is 72.3 Å². The Kier molecular flexibility index (Phi) is 6.32. The van der Waals surface area contributed by atoms with Gasteiger partial charge in [0, 0.05) is 6.20 Å². The minimum absolute atomic E-state index is 0.0105. The van der Waals surface area contributed by atoms with Gasteiger partial charge in [-0.15, -0.1) is 0 Å². The molecule has 2 aromatic carbocycles. The molecule has 0 unspecified atom stereocenters. The van der Waals surface area contributed by atoms with E-state index in [2.05, 4.69) is 25.6 Å². The summed E-state index contributed by atoms with van der Waals surface area (Å²) in [6, 6.07) is 20.0. The molecule has 0 aliphatic rings. The van der Waals surface area contributed by atoms with E-state index in [1.165, 1.54) is 6.33 Å². The maximum absolute atomic E-state index is 12.9. The average Bonchev–Trinajstić information content (AvgIpc) is 2.81. The summed E-state index contributed by atoms with van der Waals surface area (Å²) in [5, 5.41) is 5.90. The van der Waals surface area contributed by atoms with Crippen molar-refractivity contribution in [3.05, 3.63) is 101 Å². The lowest BCUT2D eigenvalue weighted by Gasteiger charge is -2.22. The molecule has 4 rings (SSSR count). The summed E-state index contributed by atoms with van der Waals surface area (Å²) in [5.74, 6) is 0.485. The van der Waals surface area contributed by atoms with Gasteiger partial charge in [-0.2, -0.15) is 13.2 Å². The SMILES string of the molecule is Nc1c(Nc2ncc(C(F)(F)F)cc2Cl)ncnc1NC(c1ccccc1)c1ccccc1. The second kappa shape index (κ2) is 9.33. The summed E-state index contributed by atoms with van der Waals surface area (Å²) < 4.78 is 38.6. The monoisotopic (exact) mass is 470 g/mol. The highest BCUT2D eigenvalue weighted by Crippen LogP contribution is 2.35. The molecule has 33 heavy (non-hydrogen) atoms. The van der Waals surface area contributed by atoms with E-state index in [0.29, 0.717) is 12.0 Å². The fraction of sp³-hybridized carbons (Fsp3) is 0.0870. The lowest BCUT2D eigenvalue weighted by Crippen LogP contribution is -2.15. The van der Waals surface area contributed by atoms with Crippen molar-refractivity contribution in [2.45, 2.75) is 12.2 Å². The third-order valence-electron chi connectivity index (χ3n) is 4.84. The Morgan fingerprint density at radius 2 is 1.39 bits per heavy atom. The fourth-order valence-electron chi connectivity index (χ4n) is 3.19. The van der Waals surface area contributed by atoms with Crippen molar-refractivity contribution >= 4 is 34.7 Å². The lowest BCUT2D eigenvalue weighted by atomic mass is 9.99. The van der Waals surface area contributed by atoms with Crippen LogP contribution in [0.3, 0.4) is 0 Å². The summed E-state index contributed by atoms with van der Waals surface area (Å²) in [6.45, 7) is 0. The van der Waals surface area contributed by atoms with Crippen LogP contribution >= 0.6 is 11.6 Å². The first-order valence-corrected chi connectivity index (χ1v) is 10.2. The average molecular weight is 471 g/mol. The number of aromatic nitrogens is 3. The van der Waals surface area contributed by atoms with Crippen molar-refractivity contribution in [3.63, 3.8) is 0 Å². The van der Waals surface area contributed by atoms with Gasteiger partial charge >= 0.3 is 6.18 Å². The number of hydrogen-bond acceptors (Lipinski definition) is 6. The van der Waals surface area contributed by atoms with Crippen molar-refractivity contribution in [2.24, 2.45) is 0 Å². The standard InChI is InChI=1S/C23H18ClF3N6/c24-17-11-16(23(25,26)27)12-29-20(17)33-22-18(28)21(30-13-31-22)32-19(14-7-3-1-4-8-14)15-9-5-2-6-10-15/h1-13,19H,28H2,(H2,29,30,31,32,33). The molecule has 0 saturated carbocycles. The van der Waals surface area contributed by atoms with Gasteiger partial charge in [0.25, 0.3) is 0 Å². The van der Waals surface area contributed by atoms with E-state index < -0.39 is 11.7 Å². The van der Waals surface area contributed by atoms with Crippen LogP contribution in [0.5, 0.6) is 0 Å². The third kappa shape index (κ3) is 5.15. The highest BCUT2D eigenvalue weighted by Gasteiger charge is 2.31. The van der Waals surface area contributed by atoms with Crippen LogP contribution in [0.1, 0.15) is 22.7 Å². The molecule has 168 valence electrons. The Labute approximate surface area is 192 Å². The molecule has 0 saturated heterocycles. The second-order valence-corrected chi connectivity index (χ2v) is 7.47. The molecule has 0 aliphatic carbocycles. The Morgan fingerprint density at radius 3 is 1.94 bits per heavy atom. The van der Waals surface area contributed by atoms with Gasteiger partial charge in [0.1, 0.15) is 17.8 Å². The summed E-state index contributed by atoms with van der Waals surface area (Å²) in [4.78, 5) is 12.1. The van der Waals surface area contributed by atoms with Crippen LogP contribution in [0.15, 0.2) is 79.3 Å². The maximum Gasteiger partial charge on any atom is 0.417 e. The summed E-state index contributed by atoms with van der Waals surface area (Å²) in [5.41, 5.74) is 7.47. The van der Waals surface area contributed by atoms with E-state index >= 15 is 0 Å². The molecule has 2 aromatic heterocycles. The van der Waals surface area contributed by atoms with Crippen LogP contribution < -0.4 is 16.4 Å². The van der Waals surface area contributed by atoms with E-state index in [1.54, 1.807) is 0 Å². The van der Waals surface area contributed by atoms with Gasteiger partial charge in [-0.25, -0.2) is 15.0 Å². The Balaban J connectivity index is 1.64. The molecule has 4 aromatic rings. The molecule has 0 amide bonds. The largest absolute Gasteiger partial charge is 0.417 e. The minimum atomic E-state index is -4.55. The molecular weight excluding hydrogens is 453 g/mol. The number of nitrogens with zero attached hydrogens (tertiary/aromatic N) is 3. The van der Waals surface area contributed by atoms with Gasteiger partial charge in [0.2, 0.25) is 0 Å². The quantitative estimate of drug-likeness (QED) is 0.317. The van der Waals surface area contributed by atoms with Crippen LogP contribution in [0.4, 0.5) is 36.3 Å². The van der Waals surface area contributed by atoms with Gasteiger partial charge in [-0.05, 0) is 17.2 Å². The summed E-state index contributed by atoms with van der Waals surface area (Å²) in [6.07, 6.45) is -2.58. The molecule has 0 aliphatic heterocycles. The van der Waals surface area contributed by atoms with Crippen LogP contribution in [0, 0.1) is 0 Å². The van der Waals surface area contributed by atoms with Gasteiger partial charge in [0.05, 0.1) is 16.6 Å². The maximum atomic E-state index is 12.9. The number of rotatable bonds is 6. The zero-order valence-electron chi connectivity index (χ0n) is 17.0. The van der Waals surface area contributed by atoms with Crippen LogP contribution in [-0.2, 0) is 6.18 Å². The first-order chi connectivity index (χ1) is 15.8. The Morgan fingerprint density at radius 1 is 0.818 bits per heavy atom. The van der Waals surface area contributed by atoms with E-state index in [1.807, 2.05) is 60.7 Å². The van der Waals surface area contributed by atoms with Crippen LogP contribution in [0.25, 0.3) is 0 Å². The van der Waals surface area contributed by atoms with Crippen LogP contribution in [-0.4, -0.2) is 15.0 Å². The zero-order chi connectivity index (χ0) is 23.4. The van der Waals surface area contributed by atoms with Gasteiger partial charge in [-0.3, -0.25) is 0 Å². The van der Waals surface area contributed by atoms with Crippen molar-refractivity contribution in [1.29, 1.82) is 0 Å². The number of benzene rings is 2. The normalized spacial score (nSPS) is 11.4. The number of nitrogens with two attached hydrogens (primary N) is 1. The number of nitrogens with one attached hydrogen (secondary N) is 2. The second-order valence-electron chi connectivity index (χ2n) is 7.06. The first kappa shape index (κ1) is 22.3. The smallest absolute Gasteiger partial charge is 0.393 e.